The summed E-state index contributed by atoms with van der Waals surface area (Å²) in [4.78, 5) is 4.52. The van der Waals surface area contributed by atoms with Gasteiger partial charge in [0, 0.05) is 32.8 Å². The quantitative estimate of drug-likeness (QED) is 0.256. The Morgan fingerprint density at radius 2 is 2.04 bits per heavy atom. The van der Waals surface area contributed by atoms with Gasteiger partial charge in [-0.25, -0.2) is 4.39 Å². The van der Waals surface area contributed by atoms with E-state index in [9.17, 15) is 4.39 Å². The van der Waals surface area contributed by atoms with Gasteiger partial charge in [-0.15, -0.1) is 24.0 Å². The molecule has 0 aliphatic carbocycles. The summed E-state index contributed by atoms with van der Waals surface area (Å²) in [6.45, 7) is 7.95. The Morgan fingerprint density at radius 1 is 1.22 bits per heavy atom. The van der Waals surface area contributed by atoms with Crippen molar-refractivity contribution < 1.29 is 9.13 Å². The van der Waals surface area contributed by atoms with Gasteiger partial charge in [0.25, 0.3) is 0 Å². The third-order valence-electron chi connectivity index (χ3n) is 3.11. The first-order valence-electron chi connectivity index (χ1n) is 8.10. The maximum Gasteiger partial charge on any atom is 0.191 e. The molecule has 0 aromatic heterocycles. The molecule has 0 saturated heterocycles. The molecule has 23 heavy (non-hydrogen) atoms. The van der Waals surface area contributed by atoms with Gasteiger partial charge in [0.15, 0.2) is 5.96 Å². The first kappa shape index (κ1) is 22.1. The minimum absolute atomic E-state index is 0. The molecule has 0 aliphatic heterocycles. The lowest BCUT2D eigenvalue weighted by Gasteiger charge is -2.11. The van der Waals surface area contributed by atoms with E-state index in [0.717, 1.165) is 63.6 Å². The third kappa shape index (κ3) is 11.3. The molecule has 4 nitrogen and oxygen atoms in total. The largest absolute Gasteiger partial charge is 0.382 e. The third-order valence-corrected chi connectivity index (χ3v) is 3.11. The van der Waals surface area contributed by atoms with Crippen LogP contribution in [-0.4, -0.2) is 38.8 Å². The molecule has 0 saturated carbocycles. The fourth-order valence-corrected chi connectivity index (χ4v) is 2.01. The fraction of sp³-hybridized carbons (Fsp3) is 0.588. The Labute approximate surface area is 156 Å². The molecule has 1 aromatic rings. The van der Waals surface area contributed by atoms with E-state index in [-0.39, 0.29) is 29.8 Å². The van der Waals surface area contributed by atoms with Crippen LogP contribution in [0.4, 0.5) is 4.39 Å². The molecule has 0 radical (unpaired) electrons. The summed E-state index contributed by atoms with van der Waals surface area (Å²) < 4.78 is 18.4. The molecule has 132 valence electrons. The fourth-order valence-electron chi connectivity index (χ4n) is 2.01. The molecule has 2 N–H and O–H groups in total. The Kier molecular flexibility index (Phi) is 14.1. The summed E-state index contributed by atoms with van der Waals surface area (Å²) in [5.41, 5.74) is 0.986. The maximum atomic E-state index is 13.1. The molecule has 0 unspecified atom stereocenters. The van der Waals surface area contributed by atoms with Crippen molar-refractivity contribution >= 4 is 29.9 Å². The highest BCUT2D eigenvalue weighted by atomic mass is 127. The number of hydrogen-bond donors (Lipinski definition) is 2. The molecule has 0 bridgehead atoms. The van der Waals surface area contributed by atoms with E-state index < -0.39 is 0 Å². The van der Waals surface area contributed by atoms with Crippen molar-refractivity contribution in [3.05, 3.63) is 35.6 Å². The average molecular weight is 437 g/mol. The predicted octanol–water partition coefficient (Wildman–Crippen LogP) is 3.36. The van der Waals surface area contributed by atoms with Crippen molar-refractivity contribution in [2.45, 2.75) is 33.1 Å². The van der Waals surface area contributed by atoms with Crippen LogP contribution in [0.2, 0.25) is 0 Å². The standard InChI is InChI=1S/C17H28FN3O.HI/c1-3-19-17(20-11-5-6-13-22-4-2)21-12-10-15-8-7-9-16(18)14-15;/h7-9,14H,3-6,10-13H2,1-2H3,(H2,19,20,21);1H. The van der Waals surface area contributed by atoms with Crippen LogP contribution < -0.4 is 10.6 Å². The van der Waals surface area contributed by atoms with E-state index in [1.165, 1.54) is 6.07 Å². The van der Waals surface area contributed by atoms with Crippen LogP contribution in [0.25, 0.3) is 0 Å². The predicted molar refractivity (Wildman–Crippen MR) is 105 cm³/mol. The SMILES string of the molecule is CCNC(=NCCCCOCC)NCCc1cccc(F)c1.I. The minimum atomic E-state index is -0.188. The zero-order valence-electron chi connectivity index (χ0n) is 14.1. The lowest BCUT2D eigenvalue weighted by molar-refractivity contribution is 0.144. The number of guanidine groups is 1. The molecular formula is C17H29FIN3O. The number of aliphatic imine (C=N–C) groups is 1. The van der Waals surface area contributed by atoms with Gasteiger partial charge in [0.2, 0.25) is 0 Å². The first-order chi connectivity index (χ1) is 10.8. The Bertz CT molecular complexity index is 444. The lowest BCUT2D eigenvalue weighted by atomic mass is 10.1. The summed E-state index contributed by atoms with van der Waals surface area (Å²) in [5, 5.41) is 6.49. The van der Waals surface area contributed by atoms with Gasteiger partial charge in [-0.3, -0.25) is 4.99 Å². The van der Waals surface area contributed by atoms with Gasteiger partial charge in [-0.05, 0) is 50.8 Å². The van der Waals surface area contributed by atoms with Gasteiger partial charge in [0.1, 0.15) is 5.82 Å². The van der Waals surface area contributed by atoms with Crippen LogP contribution in [-0.2, 0) is 11.2 Å². The van der Waals surface area contributed by atoms with E-state index in [2.05, 4.69) is 15.6 Å². The highest BCUT2D eigenvalue weighted by molar-refractivity contribution is 14.0. The van der Waals surface area contributed by atoms with Crippen LogP contribution in [0.5, 0.6) is 0 Å². The number of halogens is 2. The molecule has 0 aliphatic rings. The summed E-state index contributed by atoms with van der Waals surface area (Å²) in [7, 11) is 0. The van der Waals surface area contributed by atoms with Gasteiger partial charge in [-0.1, -0.05) is 12.1 Å². The van der Waals surface area contributed by atoms with Crippen molar-refractivity contribution in [1.29, 1.82) is 0 Å². The Hall–Kier alpha value is -0.890. The zero-order chi connectivity index (χ0) is 16.0. The van der Waals surface area contributed by atoms with Crippen molar-refractivity contribution in [2.24, 2.45) is 4.99 Å². The minimum Gasteiger partial charge on any atom is -0.382 e. The molecule has 6 heteroatoms. The van der Waals surface area contributed by atoms with Crippen LogP contribution in [0.15, 0.2) is 29.3 Å². The lowest BCUT2D eigenvalue weighted by Crippen LogP contribution is -2.38. The second kappa shape index (κ2) is 14.7. The number of benzene rings is 1. The van der Waals surface area contributed by atoms with Gasteiger partial charge >= 0.3 is 0 Å². The first-order valence-corrected chi connectivity index (χ1v) is 8.10. The summed E-state index contributed by atoms with van der Waals surface area (Å²) in [6.07, 6.45) is 2.81. The van der Waals surface area contributed by atoms with Gasteiger partial charge in [0.05, 0.1) is 0 Å². The Morgan fingerprint density at radius 3 is 2.74 bits per heavy atom. The van der Waals surface area contributed by atoms with Crippen LogP contribution >= 0.6 is 24.0 Å². The van der Waals surface area contributed by atoms with Crippen molar-refractivity contribution in [1.82, 2.24) is 10.6 Å². The van der Waals surface area contributed by atoms with E-state index in [1.807, 2.05) is 19.9 Å². The molecule has 0 spiro atoms. The molecule has 0 heterocycles. The summed E-state index contributed by atoms with van der Waals surface area (Å²) in [5.74, 6) is 0.627. The second-order valence-electron chi connectivity index (χ2n) is 4.97. The van der Waals surface area contributed by atoms with E-state index in [4.69, 9.17) is 4.74 Å². The zero-order valence-corrected chi connectivity index (χ0v) is 16.4. The van der Waals surface area contributed by atoms with Gasteiger partial charge in [-0.2, -0.15) is 0 Å². The molecule has 1 rings (SSSR count). The molecule has 0 atom stereocenters. The van der Waals surface area contributed by atoms with Crippen molar-refractivity contribution in [3.63, 3.8) is 0 Å². The molecule has 0 fully saturated rings. The van der Waals surface area contributed by atoms with Crippen molar-refractivity contribution in [3.8, 4) is 0 Å². The van der Waals surface area contributed by atoms with Gasteiger partial charge < -0.3 is 15.4 Å². The topological polar surface area (TPSA) is 45.7 Å². The number of nitrogens with zero attached hydrogens (tertiary/aromatic N) is 1. The van der Waals surface area contributed by atoms with E-state index in [0.29, 0.717) is 0 Å². The summed E-state index contributed by atoms with van der Waals surface area (Å²) in [6, 6.07) is 6.70. The van der Waals surface area contributed by atoms with Crippen molar-refractivity contribution in [2.75, 3.05) is 32.8 Å². The number of nitrogens with one attached hydrogen (secondary N) is 2. The van der Waals surface area contributed by atoms with E-state index in [1.54, 1.807) is 12.1 Å². The number of ether oxygens (including phenoxy) is 1. The number of unbranched alkanes of at least 4 members (excludes halogenated alkanes) is 1. The second-order valence-corrected chi connectivity index (χ2v) is 4.97. The van der Waals surface area contributed by atoms with Crippen LogP contribution in [0.3, 0.4) is 0 Å². The highest BCUT2D eigenvalue weighted by Crippen LogP contribution is 2.03. The average Bonchev–Trinajstić information content (AvgIpc) is 2.51. The summed E-state index contributed by atoms with van der Waals surface area (Å²) >= 11 is 0. The monoisotopic (exact) mass is 437 g/mol. The number of rotatable bonds is 10. The maximum absolute atomic E-state index is 13.1. The molecule has 0 amide bonds. The van der Waals surface area contributed by atoms with Crippen LogP contribution in [0.1, 0.15) is 32.3 Å². The molecule has 1 aromatic carbocycles. The van der Waals surface area contributed by atoms with E-state index >= 15 is 0 Å². The highest BCUT2D eigenvalue weighted by Gasteiger charge is 1.99. The Balaban J connectivity index is 0.00000484. The normalized spacial score (nSPS) is 11.0. The number of hydrogen-bond acceptors (Lipinski definition) is 2. The smallest absolute Gasteiger partial charge is 0.191 e. The molecular weight excluding hydrogens is 408 g/mol. The van der Waals surface area contributed by atoms with Crippen LogP contribution in [0, 0.1) is 5.82 Å².